The number of aromatic nitrogens is 3. The summed E-state index contributed by atoms with van der Waals surface area (Å²) in [5.74, 6) is 0.814. The van der Waals surface area contributed by atoms with Crippen molar-refractivity contribution >= 4 is 11.9 Å². The third-order valence-electron chi connectivity index (χ3n) is 3.29. The summed E-state index contributed by atoms with van der Waals surface area (Å²) in [5, 5.41) is 4.39. The number of rotatable bonds is 4. The van der Waals surface area contributed by atoms with Crippen molar-refractivity contribution in [1.82, 2.24) is 19.5 Å². The first kappa shape index (κ1) is 12.3. The SMILES string of the molecule is O=Cc1ccc2nc(CCN3CCOCC3)nn2c1. The lowest BCUT2D eigenvalue weighted by molar-refractivity contribution is 0.0382. The van der Waals surface area contributed by atoms with E-state index in [-0.39, 0.29) is 0 Å². The molecule has 19 heavy (non-hydrogen) atoms. The van der Waals surface area contributed by atoms with E-state index in [2.05, 4.69) is 15.0 Å². The van der Waals surface area contributed by atoms with E-state index in [4.69, 9.17) is 4.74 Å². The number of carbonyl (C=O) groups excluding carboxylic acids is 1. The van der Waals surface area contributed by atoms with Gasteiger partial charge < -0.3 is 4.74 Å². The quantitative estimate of drug-likeness (QED) is 0.745. The fourth-order valence-corrected chi connectivity index (χ4v) is 2.20. The normalized spacial score (nSPS) is 16.8. The van der Waals surface area contributed by atoms with Gasteiger partial charge in [0, 0.05) is 37.8 Å². The van der Waals surface area contributed by atoms with E-state index in [9.17, 15) is 4.79 Å². The predicted molar refractivity (Wildman–Crippen MR) is 69.3 cm³/mol. The van der Waals surface area contributed by atoms with Crippen molar-refractivity contribution in [3.63, 3.8) is 0 Å². The lowest BCUT2D eigenvalue weighted by atomic mass is 10.3. The van der Waals surface area contributed by atoms with Gasteiger partial charge in [-0.2, -0.15) is 5.10 Å². The van der Waals surface area contributed by atoms with E-state index in [0.717, 1.165) is 57.0 Å². The van der Waals surface area contributed by atoms with Crippen LogP contribution >= 0.6 is 0 Å². The Hall–Kier alpha value is -1.79. The van der Waals surface area contributed by atoms with Gasteiger partial charge in [-0.1, -0.05) is 0 Å². The molecule has 0 amide bonds. The standard InChI is InChI=1S/C13H16N4O2/c18-10-11-1-2-13-14-12(15-17(13)9-11)3-4-16-5-7-19-8-6-16/h1-2,9-10H,3-8H2. The summed E-state index contributed by atoms with van der Waals surface area (Å²) >= 11 is 0. The Morgan fingerprint density at radius 3 is 2.95 bits per heavy atom. The van der Waals surface area contributed by atoms with Gasteiger partial charge in [0.05, 0.1) is 13.2 Å². The summed E-state index contributed by atoms with van der Waals surface area (Å²) in [6, 6.07) is 3.57. The highest BCUT2D eigenvalue weighted by atomic mass is 16.5. The van der Waals surface area contributed by atoms with Gasteiger partial charge in [0.25, 0.3) is 0 Å². The first-order chi connectivity index (χ1) is 9.35. The van der Waals surface area contributed by atoms with Crippen LogP contribution in [0.2, 0.25) is 0 Å². The molecule has 3 rings (SSSR count). The zero-order valence-electron chi connectivity index (χ0n) is 10.7. The molecule has 3 heterocycles. The third kappa shape index (κ3) is 2.80. The lowest BCUT2D eigenvalue weighted by Crippen LogP contribution is -2.37. The number of nitrogens with zero attached hydrogens (tertiary/aromatic N) is 4. The predicted octanol–water partition coefficient (Wildman–Crippen LogP) is 0.416. The van der Waals surface area contributed by atoms with Crippen LogP contribution in [0, 0.1) is 0 Å². The lowest BCUT2D eigenvalue weighted by Gasteiger charge is -2.25. The fourth-order valence-electron chi connectivity index (χ4n) is 2.20. The molecule has 100 valence electrons. The Morgan fingerprint density at radius 1 is 1.32 bits per heavy atom. The maximum absolute atomic E-state index is 10.7. The minimum Gasteiger partial charge on any atom is -0.379 e. The summed E-state index contributed by atoms with van der Waals surface area (Å²) in [7, 11) is 0. The van der Waals surface area contributed by atoms with Crippen molar-refractivity contribution in [3.8, 4) is 0 Å². The van der Waals surface area contributed by atoms with Crippen LogP contribution in [0.25, 0.3) is 5.65 Å². The first-order valence-corrected chi connectivity index (χ1v) is 6.46. The van der Waals surface area contributed by atoms with Gasteiger partial charge in [-0.3, -0.25) is 9.69 Å². The highest BCUT2D eigenvalue weighted by Crippen LogP contribution is 2.05. The molecule has 0 aliphatic carbocycles. The van der Waals surface area contributed by atoms with Crippen molar-refractivity contribution in [1.29, 1.82) is 0 Å². The smallest absolute Gasteiger partial charge is 0.155 e. The molecule has 0 saturated carbocycles. The van der Waals surface area contributed by atoms with Gasteiger partial charge in [-0.15, -0.1) is 0 Å². The number of pyridine rings is 1. The zero-order chi connectivity index (χ0) is 13.1. The van der Waals surface area contributed by atoms with Crippen LogP contribution in [-0.2, 0) is 11.2 Å². The molecule has 0 radical (unpaired) electrons. The Labute approximate surface area is 111 Å². The van der Waals surface area contributed by atoms with Crippen LogP contribution in [-0.4, -0.2) is 58.6 Å². The molecular weight excluding hydrogens is 244 g/mol. The average Bonchev–Trinajstić information content (AvgIpc) is 2.88. The maximum Gasteiger partial charge on any atom is 0.155 e. The second kappa shape index (κ2) is 5.46. The summed E-state index contributed by atoms with van der Waals surface area (Å²) in [5.41, 5.74) is 1.39. The monoisotopic (exact) mass is 260 g/mol. The van der Waals surface area contributed by atoms with E-state index in [1.54, 1.807) is 16.8 Å². The highest BCUT2D eigenvalue weighted by Gasteiger charge is 2.11. The Kier molecular flexibility index (Phi) is 3.52. The number of hydrogen-bond acceptors (Lipinski definition) is 5. The second-order valence-corrected chi connectivity index (χ2v) is 4.62. The molecule has 0 N–H and O–H groups in total. The van der Waals surface area contributed by atoms with E-state index in [1.165, 1.54) is 0 Å². The second-order valence-electron chi connectivity index (χ2n) is 4.62. The molecule has 0 spiro atoms. The van der Waals surface area contributed by atoms with Gasteiger partial charge in [-0.05, 0) is 12.1 Å². The molecule has 2 aromatic heterocycles. The molecule has 1 fully saturated rings. The number of hydrogen-bond donors (Lipinski definition) is 0. The number of fused-ring (bicyclic) bond motifs is 1. The van der Waals surface area contributed by atoms with Crippen LogP contribution in [0.4, 0.5) is 0 Å². The van der Waals surface area contributed by atoms with Crippen molar-refractivity contribution in [2.24, 2.45) is 0 Å². The van der Waals surface area contributed by atoms with Gasteiger partial charge in [0.1, 0.15) is 0 Å². The topological polar surface area (TPSA) is 59.7 Å². The van der Waals surface area contributed by atoms with Crippen LogP contribution in [0.3, 0.4) is 0 Å². The molecule has 0 aromatic carbocycles. The van der Waals surface area contributed by atoms with Crippen molar-refractivity contribution in [2.75, 3.05) is 32.8 Å². The summed E-state index contributed by atoms with van der Waals surface area (Å²) < 4.78 is 6.98. The minimum atomic E-state index is 0.608. The van der Waals surface area contributed by atoms with Crippen molar-refractivity contribution in [3.05, 3.63) is 29.7 Å². The average molecular weight is 260 g/mol. The summed E-state index contributed by atoms with van der Waals surface area (Å²) in [6.45, 7) is 4.51. The van der Waals surface area contributed by atoms with Gasteiger partial charge in [0.15, 0.2) is 17.8 Å². The fraction of sp³-hybridized carbons (Fsp3) is 0.462. The van der Waals surface area contributed by atoms with E-state index in [0.29, 0.717) is 5.56 Å². The minimum absolute atomic E-state index is 0.608. The Morgan fingerprint density at radius 2 is 2.16 bits per heavy atom. The Bertz CT molecular complexity index is 575. The van der Waals surface area contributed by atoms with Crippen molar-refractivity contribution in [2.45, 2.75) is 6.42 Å². The largest absolute Gasteiger partial charge is 0.379 e. The zero-order valence-corrected chi connectivity index (χ0v) is 10.7. The molecule has 6 heteroatoms. The Balaban J connectivity index is 1.68. The summed E-state index contributed by atoms with van der Waals surface area (Å²) in [4.78, 5) is 17.5. The number of aldehydes is 1. The van der Waals surface area contributed by atoms with E-state index < -0.39 is 0 Å². The maximum atomic E-state index is 10.7. The molecule has 6 nitrogen and oxygen atoms in total. The molecule has 1 aliphatic heterocycles. The van der Waals surface area contributed by atoms with Crippen LogP contribution in [0.1, 0.15) is 16.2 Å². The molecule has 0 unspecified atom stereocenters. The number of ether oxygens (including phenoxy) is 1. The highest BCUT2D eigenvalue weighted by molar-refractivity contribution is 5.74. The van der Waals surface area contributed by atoms with E-state index >= 15 is 0 Å². The number of morpholine rings is 1. The third-order valence-corrected chi connectivity index (χ3v) is 3.29. The molecule has 0 atom stereocenters. The van der Waals surface area contributed by atoms with Gasteiger partial charge in [0.2, 0.25) is 0 Å². The van der Waals surface area contributed by atoms with E-state index in [1.807, 2.05) is 6.07 Å². The van der Waals surface area contributed by atoms with Crippen LogP contribution < -0.4 is 0 Å². The van der Waals surface area contributed by atoms with Crippen LogP contribution in [0.5, 0.6) is 0 Å². The van der Waals surface area contributed by atoms with Crippen molar-refractivity contribution < 1.29 is 9.53 Å². The molecular formula is C13H16N4O2. The van der Waals surface area contributed by atoms with Gasteiger partial charge >= 0.3 is 0 Å². The number of carbonyl (C=O) groups is 1. The van der Waals surface area contributed by atoms with Crippen LogP contribution in [0.15, 0.2) is 18.3 Å². The summed E-state index contributed by atoms with van der Waals surface area (Å²) in [6.07, 6.45) is 3.33. The molecule has 1 saturated heterocycles. The molecule has 2 aromatic rings. The first-order valence-electron chi connectivity index (χ1n) is 6.46. The van der Waals surface area contributed by atoms with Gasteiger partial charge in [-0.25, -0.2) is 9.50 Å². The molecule has 1 aliphatic rings. The molecule has 0 bridgehead atoms.